The maximum Gasteiger partial charge on any atom is 0.416 e. The molecule has 1 saturated heterocycles. The summed E-state index contributed by atoms with van der Waals surface area (Å²) in [6.45, 7) is 4.85. The van der Waals surface area contributed by atoms with Crippen LogP contribution in [0.1, 0.15) is 29.7 Å². The Balaban J connectivity index is 0.00000341. The molecule has 3 rings (SSSR count). The maximum absolute atomic E-state index is 12.6. The normalized spacial score (nSPS) is 16.9. The van der Waals surface area contributed by atoms with Crippen LogP contribution in [0.4, 0.5) is 13.2 Å². The highest BCUT2D eigenvalue weighted by atomic mass is 127. The average Bonchev–Trinajstić information content (AvgIpc) is 3.16. The van der Waals surface area contributed by atoms with E-state index in [1.807, 2.05) is 20.2 Å². The Labute approximate surface area is 196 Å². The van der Waals surface area contributed by atoms with Crippen LogP contribution in [0.15, 0.2) is 41.7 Å². The van der Waals surface area contributed by atoms with Gasteiger partial charge in [-0.3, -0.25) is 4.68 Å². The molecule has 1 aromatic heterocycles. The molecule has 6 nitrogen and oxygen atoms in total. The van der Waals surface area contributed by atoms with Crippen LogP contribution < -0.4 is 5.32 Å². The van der Waals surface area contributed by atoms with Gasteiger partial charge in [0.2, 0.25) is 0 Å². The van der Waals surface area contributed by atoms with E-state index in [1.165, 1.54) is 12.1 Å². The van der Waals surface area contributed by atoms with Gasteiger partial charge in [0.1, 0.15) is 12.6 Å². The smallest absolute Gasteiger partial charge is 0.370 e. The highest BCUT2D eigenvalue weighted by molar-refractivity contribution is 14.0. The molecular formula is C21H25F3IN5O. The lowest BCUT2D eigenvalue weighted by Crippen LogP contribution is -2.48. The lowest BCUT2D eigenvalue weighted by molar-refractivity contribution is -0.137. The van der Waals surface area contributed by atoms with Crippen molar-refractivity contribution in [2.75, 3.05) is 32.8 Å². The van der Waals surface area contributed by atoms with Crippen molar-refractivity contribution in [1.29, 1.82) is 0 Å². The van der Waals surface area contributed by atoms with Crippen molar-refractivity contribution < 1.29 is 17.9 Å². The Bertz CT molecular complexity index is 931. The second-order valence-electron chi connectivity index (χ2n) is 6.80. The fourth-order valence-electron chi connectivity index (χ4n) is 3.07. The molecule has 1 atom stereocenters. The van der Waals surface area contributed by atoms with Crippen LogP contribution in [0.3, 0.4) is 0 Å². The molecule has 0 saturated carbocycles. The van der Waals surface area contributed by atoms with E-state index in [1.54, 1.807) is 10.9 Å². The highest BCUT2D eigenvalue weighted by Crippen LogP contribution is 2.29. The molecule has 0 bridgehead atoms. The van der Waals surface area contributed by atoms with Gasteiger partial charge in [-0.25, -0.2) is 4.99 Å². The molecule has 0 aliphatic carbocycles. The second kappa shape index (κ2) is 11.4. The maximum atomic E-state index is 12.6. The standard InChI is InChI=1S/C21H24F3N5O.HI/c1-3-25-20(29-11-12-30-19(15-29)17-13-27-28(2)14-17)26-10-4-5-16-6-8-18(9-7-16)21(22,23)24;/h6-9,13-14,19H,3,10-12,15H2,1-2H3,(H,25,26);1H. The summed E-state index contributed by atoms with van der Waals surface area (Å²) in [5, 5.41) is 7.46. The fraction of sp³-hybridized carbons (Fsp3) is 0.429. The Hall–Kier alpha value is -2.26. The van der Waals surface area contributed by atoms with E-state index in [0.717, 1.165) is 23.7 Å². The molecule has 1 N–H and O–H groups in total. The van der Waals surface area contributed by atoms with Crippen molar-refractivity contribution in [2.45, 2.75) is 19.2 Å². The number of aryl methyl sites for hydroxylation is 1. The number of morpholine rings is 1. The fourth-order valence-corrected chi connectivity index (χ4v) is 3.07. The zero-order valence-electron chi connectivity index (χ0n) is 17.3. The van der Waals surface area contributed by atoms with E-state index in [9.17, 15) is 13.2 Å². The molecule has 1 aliphatic rings. The largest absolute Gasteiger partial charge is 0.416 e. The first-order chi connectivity index (χ1) is 14.4. The van der Waals surface area contributed by atoms with Crippen LogP contribution in [-0.4, -0.2) is 53.4 Å². The van der Waals surface area contributed by atoms with Gasteiger partial charge in [-0.15, -0.1) is 24.0 Å². The van der Waals surface area contributed by atoms with Crippen LogP contribution in [0, 0.1) is 11.8 Å². The summed E-state index contributed by atoms with van der Waals surface area (Å²) in [5.41, 5.74) is 0.849. The van der Waals surface area contributed by atoms with Gasteiger partial charge in [0.05, 0.1) is 24.9 Å². The average molecular weight is 547 g/mol. The number of hydrogen-bond donors (Lipinski definition) is 1. The molecule has 2 heterocycles. The van der Waals surface area contributed by atoms with E-state index in [-0.39, 0.29) is 36.6 Å². The number of benzene rings is 1. The number of hydrogen-bond acceptors (Lipinski definition) is 3. The predicted octanol–water partition coefficient (Wildman–Crippen LogP) is 3.45. The van der Waals surface area contributed by atoms with E-state index in [4.69, 9.17) is 4.74 Å². The lowest BCUT2D eigenvalue weighted by Gasteiger charge is -2.34. The summed E-state index contributed by atoms with van der Waals surface area (Å²) in [6, 6.07) is 4.80. The van der Waals surface area contributed by atoms with Crippen molar-refractivity contribution in [2.24, 2.45) is 12.0 Å². The third kappa shape index (κ3) is 7.14. The highest BCUT2D eigenvalue weighted by Gasteiger charge is 2.29. The Kier molecular flexibility index (Phi) is 9.18. The first-order valence-corrected chi connectivity index (χ1v) is 9.66. The monoisotopic (exact) mass is 547 g/mol. The minimum Gasteiger partial charge on any atom is -0.370 e. The number of ether oxygens (including phenoxy) is 1. The van der Waals surface area contributed by atoms with Gasteiger partial charge in [-0.1, -0.05) is 11.8 Å². The number of guanidine groups is 1. The van der Waals surface area contributed by atoms with E-state index >= 15 is 0 Å². The summed E-state index contributed by atoms with van der Waals surface area (Å²) in [7, 11) is 1.87. The first kappa shape index (κ1) is 25.0. The molecule has 10 heteroatoms. The van der Waals surface area contributed by atoms with Gasteiger partial charge < -0.3 is 15.0 Å². The molecular weight excluding hydrogens is 522 g/mol. The summed E-state index contributed by atoms with van der Waals surface area (Å²) < 4.78 is 45.5. The van der Waals surface area contributed by atoms with Gasteiger partial charge in [-0.05, 0) is 31.2 Å². The second-order valence-corrected chi connectivity index (χ2v) is 6.80. The topological polar surface area (TPSA) is 54.7 Å². The van der Waals surface area contributed by atoms with E-state index in [0.29, 0.717) is 31.8 Å². The molecule has 0 radical (unpaired) electrons. The number of rotatable bonds is 3. The zero-order chi connectivity index (χ0) is 21.6. The number of alkyl halides is 3. The van der Waals surface area contributed by atoms with Gasteiger partial charge in [-0.2, -0.15) is 18.3 Å². The van der Waals surface area contributed by atoms with Crippen molar-refractivity contribution in [3.63, 3.8) is 0 Å². The molecule has 31 heavy (non-hydrogen) atoms. The SMILES string of the molecule is CCNC(=NCC#Cc1ccc(C(F)(F)F)cc1)N1CCOC(c2cnn(C)c2)C1.I. The predicted molar refractivity (Wildman–Crippen MR) is 123 cm³/mol. The van der Waals surface area contributed by atoms with Crippen LogP contribution in [0.5, 0.6) is 0 Å². The van der Waals surface area contributed by atoms with Crippen molar-refractivity contribution in [3.8, 4) is 11.8 Å². The number of aliphatic imine (C=N–C) groups is 1. The molecule has 0 amide bonds. The van der Waals surface area contributed by atoms with Crippen LogP contribution in [0.2, 0.25) is 0 Å². The molecule has 168 valence electrons. The number of nitrogens with one attached hydrogen (secondary N) is 1. The van der Waals surface area contributed by atoms with Crippen molar-refractivity contribution >= 4 is 29.9 Å². The summed E-state index contributed by atoms with van der Waals surface area (Å²) >= 11 is 0. The Morgan fingerprint density at radius 1 is 1.32 bits per heavy atom. The van der Waals surface area contributed by atoms with Gasteiger partial charge in [0.25, 0.3) is 0 Å². The minimum atomic E-state index is -4.34. The van der Waals surface area contributed by atoms with Crippen LogP contribution in [0.25, 0.3) is 0 Å². The van der Waals surface area contributed by atoms with Crippen molar-refractivity contribution in [3.05, 3.63) is 53.3 Å². The van der Waals surface area contributed by atoms with E-state index in [2.05, 4.69) is 32.1 Å². The van der Waals surface area contributed by atoms with Crippen molar-refractivity contribution in [1.82, 2.24) is 20.0 Å². The first-order valence-electron chi connectivity index (χ1n) is 9.66. The lowest BCUT2D eigenvalue weighted by atomic mass is 10.1. The van der Waals surface area contributed by atoms with Gasteiger partial charge in [0.15, 0.2) is 5.96 Å². The number of nitrogens with zero attached hydrogens (tertiary/aromatic N) is 4. The molecule has 1 aliphatic heterocycles. The third-order valence-electron chi connectivity index (χ3n) is 4.55. The minimum absolute atomic E-state index is 0. The Morgan fingerprint density at radius 3 is 2.68 bits per heavy atom. The molecule has 0 spiro atoms. The van der Waals surface area contributed by atoms with Gasteiger partial charge in [0, 0.05) is 37.5 Å². The summed E-state index contributed by atoms with van der Waals surface area (Å²) in [4.78, 5) is 6.66. The summed E-state index contributed by atoms with van der Waals surface area (Å²) in [5.74, 6) is 6.49. The molecule has 1 unspecified atom stereocenters. The molecule has 1 aromatic carbocycles. The van der Waals surface area contributed by atoms with Gasteiger partial charge >= 0.3 is 6.18 Å². The molecule has 1 fully saturated rings. The number of aromatic nitrogens is 2. The third-order valence-corrected chi connectivity index (χ3v) is 4.55. The zero-order valence-corrected chi connectivity index (χ0v) is 19.6. The molecule has 2 aromatic rings. The number of halogens is 4. The van der Waals surface area contributed by atoms with E-state index < -0.39 is 11.7 Å². The Morgan fingerprint density at radius 2 is 2.06 bits per heavy atom. The van der Waals surface area contributed by atoms with Crippen LogP contribution >= 0.6 is 24.0 Å². The van der Waals surface area contributed by atoms with Crippen LogP contribution in [-0.2, 0) is 18.0 Å². The summed E-state index contributed by atoms with van der Waals surface area (Å²) in [6.07, 6.45) is -0.695. The quantitative estimate of drug-likeness (QED) is 0.277.